The summed E-state index contributed by atoms with van der Waals surface area (Å²) < 4.78 is 27.0. The Balaban J connectivity index is 1.79. The van der Waals surface area contributed by atoms with Crippen molar-refractivity contribution < 1.29 is 8.42 Å². The first-order valence-electron chi connectivity index (χ1n) is 6.97. The molecule has 0 aromatic rings. The highest BCUT2D eigenvalue weighted by molar-refractivity contribution is 7.89. The zero-order chi connectivity index (χ0) is 13.0. The summed E-state index contributed by atoms with van der Waals surface area (Å²) in [4.78, 5) is 2.24. The Morgan fingerprint density at radius 3 is 2.56 bits per heavy atom. The van der Waals surface area contributed by atoms with Crippen LogP contribution in [0.3, 0.4) is 0 Å². The lowest BCUT2D eigenvalue weighted by atomic mass is 10.1. The Labute approximate surface area is 110 Å². The Morgan fingerprint density at radius 1 is 1.22 bits per heavy atom. The predicted octanol–water partition coefficient (Wildman–Crippen LogP) is 0.142. The maximum absolute atomic E-state index is 12.1. The quantitative estimate of drug-likeness (QED) is 0.766. The molecule has 0 bridgehead atoms. The fraction of sp³-hybridized carbons (Fsp3) is 1.00. The molecule has 1 unspecified atom stereocenters. The number of hydrogen-bond donors (Lipinski definition) is 2. The number of hydrogen-bond acceptors (Lipinski definition) is 4. The number of sulfonamides is 1. The van der Waals surface area contributed by atoms with Crippen LogP contribution in [0.15, 0.2) is 0 Å². The van der Waals surface area contributed by atoms with Crippen molar-refractivity contribution in [2.45, 2.75) is 44.2 Å². The SMILES string of the molecule is CN1CCC(NS(=O)(=O)CC2CCCCN2)CC1. The average molecular weight is 275 g/mol. The van der Waals surface area contributed by atoms with E-state index in [1.165, 1.54) is 6.42 Å². The van der Waals surface area contributed by atoms with Crippen LogP contribution in [0.4, 0.5) is 0 Å². The van der Waals surface area contributed by atoms with Crippen LogP contribution in [0.2, 0.25) is 0 Å². The van der Waals surface area contributed by atoms with E-state index in [1.807, 2.05) is 0 Å². The van der Waals surface area contributed by atoms with Crippen molar-refractivity contribution in [3.63, 3.8) is 0 Å². The first kappa shape index (κ1) is 14.2. The van der Waals surface area contributed by atoms with E-state index in [9.17, 15) is 8.42 Å². The van der Waals surface area contributed by atoms with Gasteiger partial charge in [0.2, 0.25) is 10.0 Å². The van der Waals surface area contributed by atoms with Gasteiger partial charge in [-0.3, -0.25) is 0 Å². The van der Waals surface area contributed by atoms with Crippen molar-refractivity contribution in [1.29, 1.82) is 0 Å². The minimum atomic E-state index is -3.13. The van der Waals surface area contributed by atoms with E-state index in [0.29, 0.717) is 0 Å². The number of likely N-dealkylation sites (tertiary alicyclic amines) is 1. The molecule has 0 radical (unpaired) electrons. The Hall–Kier alpha value is -0.170. The third-order valence-corrected chi connectivity index (χ3v) is 5.43. The molecule has 5 nitrogen and oxygen atoms in total. The van der Waals surface area contributed by atoms with E-state index >= 15 is 0 Å². The van der Waals surface area contributed by atoms with Crippen molar-refractivity contribution in [1.82, 2.24) is 14.9 Å². The van der Waals surface area contributed by atoms with Crippen molar-refractivity contribution >= 4 is 10.0 Å². The normalized spacial score (nSPS) is 28.4. The van der Waals surface area contributed by atoms with Crippen LogP contribution in [0.5, 0.6) is 0 Å². The first-order chi connectivity index (χ1) is 8.55. The molecule has 2 N–H and O–H groups in total. The molecule has 0 aromatic carbocycles. The van der Waals surface area contributed by atoms with Crippen LogP contribution in [-0.4, -0.2) is 57.8 Å². The van der Waals surface area contributed by atoms with Gasteiger partial charge in [0.1, 0.15) is 0 Å². The van der Waals surface area contributed by atoms with E-state index in [0.717, 1.165) is 45.3 Å². The molecule has 2 fully saturated rings. The molecule has 18 heavy (non-hydrogen) atoms. The summed E-state index contributed by atoms with van der Waals surface area (Å²) >= 11 is 0. The average Bonchev–Trinajstić information content (AvgIpc) is 2.32. The van der Waals surface area contributed by atoms with Gasteiger partial charge in [-0.2, -0.15) is 0 Å². The molecule has 0 spiro atoms. The smallest absolute Gasteiger partial charge is 0.213 e. The van der Waals surface area contributed by atoms with Crippen LogP contribution < -0.4 is 10.0 Å². The molecule has 2 rings (SSSR count). The van der Waals surface area contributed by atoms with Gasteiger partial charge in [0.05, 0.1) is 5.75 Å². The number of rotatable bonds is 4. The minimum absolute atomic E-state index is 0.134. The lowest BCUT2D eigenvalue weighted by Gasteiger charge is -2.30. The highest BCUT2D eigenvalue weighted by atomic mass is 32.2. The van der Waals surface area contributed by atoms with Crippen LogP contribution in [0, 0.1) is 0 Å². The molecular weight excluding hydrogens is 250 g/mol. The summed E-state index contributed by atoms with van der Waals surface area (Å²) in [7, 11) is -1.05. The van der Waals surface area contributed by atoms with E-state index in [1.54, 1.807) is 0 Å². The van der Waals surface area contributed by atoms with Crippen LogP contribution in [0.1, 0.15) is 32.1 Å². The largest absolute Gasteiger partial charge is 0.313 e. The Kier molecular flexibility index (Phi) is 5.00. The van der Waals surface area contributed by atoms with Gasteiger partial charge in [0, 0.05) is 12.1 Å². The third-order valence-electron chi connectivity index (χ3n) is 3.90. The highest BCUT2D eigenvalue weighted by Gasteiger charge is 2.25. The van der Waals surface area contributed by atoms with Crippen molar-refractivity contribution in [3.8, 4) is 0 Å². The predicted molar refractivity (Wildman–Crippen MR) is 73.1 cm³/mol. The second-order valence-electron chi connectivity index (χ2n) is 5.62. The van der Waals surface area contributed by atoms with E-state index in [4.69, 9.17) is 0 Å². The van der Waals surface area contributed by atoms with Crippen LogP contribution in [0.25, 0.3) is 0 Å². The van der Waals surface area contributed by atoms with Gasteiger partial charge in [-0.25, -0.2) is 13.1 Å². The highest BCUT2D eigenvalue weighted by Crippen LogP contribution is 2.12. The van der Waals surface area contributed by atoms with Gasteiger partial charge >= 0.3 is 0 Å². The van der Waals surface area contributed by atoms with E-state index in [2.05, 4.69) is 22.0 Å². The molecule has 0 aromatic heterocycles. The summed E-state index contributed by atoms with van der Waals surface area (Å²) in [6, 6.07) is 0.275. The fourth-order valence-corrected chi connectivity index (χ4v) is 4.41. The van der Waals surface area contributed by atoms with Gasteiger partial charge in [-0.15, -0.1) is 0 Å². The molecule has 0 saturated carbocycles. The zero-order valence-corrected chi connectivity index (χ0v) is 12.0. The number of nitrogens with zero attached hydrogens (tertiary/aromatic N) is 1. The standard InChI is InChI=1S/C12H25N3O2S/c1-15-8-5-11(6-9-15)14-18(16,17)10-12-4-2-3-7-13-12/h11-14H,2-10H2,1H3. The molecule has 2 aliphatic heterocycles. The lowest BCUT2D eigenvalue weighted by molar-refractivity contribution is 0.248. The van der Waals surface area contributed by atoms with Gasteiger partial charge < -0.3 is 10.2 Å². The van der Waals surface area contributed by atoms with Crippen molar-refractivity contribution in [3.05, 3.63) is 0 Å². The maximum Gasteiger partial charge on any atom is 0.213 e. The van der Waals surface area contributed by atoms with Gasteiger partial charge in [-0.05, 0) is 52.4 Å². The molecule has 2 saturated heterocycles. The third kappa shape index (κ3) is 4.50. The zero-order valence-electron chi connectivity index (χ0n) is 11.2. The lowest BCUT2D eigenvalue weighted by Crippen LogP contribution is -2.48. The Morgan fingerprint density at radius 2 is 1.94 bits per heavy atom. The monoisotopic (exact) mass is 275 g/mol. The molecule has 2 heterocycles. The molecule has 2 aliphatic rings. The topological polar surface area (TPSA) is 61.4 Å². The summed E-state index contributed by atoms with van der Waals surface area (Å²) in [6.45, 7) is 2.91. The molecular formula is C12H25N3O2S. The summed E-state index contributed by atoms with van der Waals surface area (Å²) in [5.41, 5.74) is 0. The number of nitrogens with one attached hydrogen (secondary N) is 2. The maximum atomic E-state index is 12.1. The molecule has 106 valence electrons. The summed E-state index contributed by atoms with van der Waals surface area (Å²) in [5, 5.41) is 3.29. The van der Waals surface area contributed by atoms with E-state index < -0.39 is 10.0 Å². The molecule has 0 amide bonds. The van der Waals surface area contributed by atoms with Crippen LogP contribution in [-0.2, 0) is 10.0 Å². The van der Waals surface area contributed by atoms with Gasteiger partial charge in [0.25, 0.3) is 0 Å². The Bertz CT molecular complexity index is 344. The molecule has 1 atom stereocenters. The molecule has 0 aliphatic carbocycles. The van der Waals surface area contributed by atoms with E-state index in [-0.39, 0.29) is 17.8 Å². The second-order valence-corrected chi connectivity index (χ2v) is 7.42. The van der Waals surface area contributed by atoms with Crippen LogP contribution >= 0.6 is 0 Å². The van der Waals surface area contributed by atoms with Gasteiger partial charge in [0.15, 0.2) is 0 Å². The number of piperidine rings is 2. The fourth-order valence-electron chi connectivity index (χ4n) is 2.76. The molecule has 6 heteroatoms. The first-order valence-corrected chi connectivity index (χ1v) is 8.62. The summed E-state index contributed by atoms with van der Waals surface area (Å²) in [5.74, 6) is 0.235. The second kappa shape index (κ2) is 6.32. The minimum Gasteiger partial charge on any atom is -0.313 e. The summed E-state index contributed by atoms with van der Waals surface area (Å²) in [6.07, 6.45) is 5.14. The van der Waals surface area contributed by atoms with Gasteiger partial charge in [-0.1, -0.05) is 6.42 Å². The van der Waals surface area contributed by atoms with Crippen molar-refractivity contribution in [2.75, 3.05) is 32.4 Å². The van der Waals surface area contributed by atoms with Crippen molar-refractivity contribution in [2.24, 2.45) is 0 Å².